The minimum Gasteiger partial charge on any atom is -0.462 e. The summed E-state index contributed by atoms with van der Waals surface area (Å²) < 4.78 is 16.8. The van der Waals surface area contributed by atoms with Crippen LogP contribution in [-0.2, 0) is 28.6 Å². The third kappa shape index (κ3) is 49.7. The van der Waals surface area contributed by atoms with Gasteiger partial charge in [0, 0.05) is 19.3 Å². The summed E-state index contributed by atoms with van der Waals surface area (Å²) in [5.41, 5.74) is 0. The molecule has 0 radical (unpaired) electrons. The zero-order chi connectivity index (χ0) is 45.8. The molecule has 0 aliphatic heterocycles. The molecule has 0 N–H and O–H groups in total. The third-order valence-electron chi connectivity index (χ3n) is 11.2. The maximum absolute atomic E-state index is 12.8. The maximum Gasteiger partial charge on any atom is 0.306 e. The molecule has 6 heteroatoms. The molecular formula is C57H98O6. The molecule has 0 spiro atoms. The molecule has 63 heavy (non-hydrogen) atoms. The van der Waals surface area contributed by atoms with Crippen molar-refractivity contribution in [3.05, 3.63) is 72.9 Å². The van der Waals surface area contributed by atoms with Crippen LogP contribution in [0.2, 0.25) is 0 Å². The van der Waals surface area contributed by atoms with E-state index >= 15 is 0 Å². The summed E-state index contributed by atoms with van der Waals surface area (Å²) >= 11 is 0. The van der Waals surface area contributed by atoms with Crippen LogP contribution in [0.4, 0.5) is 0 Å². The highest BCUT2D eigenvalue weighted by molar-refractivity contribution is 5.71. The van der Waals surface area contributed by atoms with Crippen molar-refractivity contribution in [3.63, 3.8) is 0 Å². The van der Waals surface area contributed by atoms with Crippen molar-refractivity contribution in [1.29, 1.82) is 0 Å². The molecule has 0 saturated heterocycles. The Balaban J connectivity index is 4.43. The molecule has 0 heterocycles. The quantitative estimate of drug-likeness (QED) is 0.0262. The number of allylic oxidation sites excluding steroid dienone is 12. The molecular weight excluding hydrogens is 781 g/mol. The van der Waals surface area contributed by atoms with Gasteiger partial charge in [0.15, 0.2) is 6.10 Å². The summed E-state index contributed by atoms with van der Waals surface area (Å²) in [5, 5.41) is 0. The Morgan fingerprint density at radius 1 is 0.333 bits per heavy atom. The molecule has 0 aliphatic carbocycles. The van der Waals surface area contributed by atoms with Crippen molar-refractivity contribution < 1.29 is 28.6 Å². The molecule has 0 aromatic heterocycles. The average Bonchev–Trinajstić information content (AvgIpc) is 3.28. The summed E-state index contributed by atoms with van der Waals surface area (Å²) in [4.78, 5) is 38.0. The van der Waals surface area contributed by atoms with Crippen LogP contribution in [0.3, 0.4) is 0 Å². The number of hydrogen-bond acceptors (Lipinski definition) is 6. The first-order valence-electron chi connectivity index (χ1n) is 26.4. The van der Waals surface area contributed by atoms with E-state index in [1.807, 2.05) is 0 Å². The molecule has 0 aliphatic rings. The molecule has 0 amide bonds. The van der Waals surface area contributed by atoms with E-state index in [2.05, 4.69) is 93.7 Å². The molecule has 1 atom stereocenters. The lowest BCUT2D eigenvalue weighted by atomic mass is 10.1. The molecule has 6 nitrogen and oxygen atoms in total. The van der Waals surface area contributed by atoms with Crippen molar-refractivity contribution in [3.8, 4) is 0 Å². The predicted octanol–water partition coefficient (Wildman–Crippen LogP) is 17.4. The number of hydrogen-bond donors (Lipinski definition) is 0. The largest absolute Gasteiger partial charge is 0.462 e. The number of ether oxygens (including phenoxy) is 3. The van der Waals surface area contributed by atoms with Gasteiger partial charge in [0.2, 0.25) is 0 Å². The summed E-state index contributed by atoms with van der Waals surface area (Å²) in [5.74, 6) is -0.949. The van der Waals surface area contributed by atoms with Gasteiger partial charge in [-0.1, -0.05) is 196 Å². The standard InChI is InChI=1S/C57H98O6/c1-4-7-10-13-16-19-22-25-27-29-31-32-35-38-41-44-47-50-56(59)62-53-54(52-61-55(58)49-46-43-40-37-34-24-21-18-15-12-9-6-3)63-57(60)51-48-45-42-39-36-33-30-28-26-23-20-17-14-11-8-5-2/h9,12,16,18-19,21,25,27-28,30,34,37,54H,4-8,10-11,13-15,17,20,22-24,26,29,31-33,35-36,38-53H2,1-3H3/b12-9-,19-16-,21-18-,27-25-,30-28-,37-34-. The van der Waals surface area contributed by atoms with Crippen molar-refractivity contribution in [2.75, 3.05) is 13.2 Å². The zero-order valence-electron chi connectivity index (χ0n) is 41.3. The van der Waals surface area contributed by atoms with Gasteiger partial charge in [-0.2, -0.15) is 0 Å². The second kappa shape index (κ2) is 51.5. The highest BCUT2D eigenvalue weighted by Gasteiger charge is 2.19. The Kier molecular flexibility index (Phi) is 48.9. The molecule has 0 fully saturated rings. The summed E-state index contributed by atoms with van der Waals surface area (Å²) in [7, 11) is 0. The first kappa shape index (κ1) is 59.9. The summed E-state index contributed by atoms with van der Waals surface area (Å²) in [6, 6.07) is 0. The van der Waals surface area contributed by atoms with Crippen molar-refractivity contribution in [2.45, 2.75) is 258 Å². The van der Waals surface area contributed by atoms with Gasteiger partial charge in [-0.3, -0.25) is 14.4 Å². The van der Waals surface area contributed by atoms with Crippen LogP contribution in [0.25, 0.3) is 0 Å². The van der Waals surface area contributed by atoms with Gasteiger partial charge in [0.05, 0.1) is 0 Å². The topological polar surface area (TPSA) is 78.9 Å². The molecule has 1 unspecified atom stereocenters. The summed E-state index contributed by atoms with van der Waals surface area (Å²) in [6.45, 7) is 6.45. The van der Waals surface area contributed by atoms with E-state index in [0.29, 0.717) is 19.3 Å². The fraction of sp³-hybridized carbons (Fsp3) is 0.737. The monoisotopic (exact) mass is 879 g/mol. The number of carbonyl (C=O) groups excluding carboxylic acids is 3. The highest BCUT2D eigenvalue weighted by Crippen LogP contribution is 2.14. The molecule has 362 valence electrons. The van der Waals surface area contributed by atoms with Crippen LogP contribution in [-0.4, -0.2) is 37.2 Å². The highest BCUT2D eigenvalue weighted by atomic mass is 16.6. The minimum atomic E-state index is -0.798. The Morgan fingerprint density at radius 2 is 0.619 bits per heavy atom. The smallest absolute Gasteiger partial charge is 0.306 e. The first-order valence-corrected chi connectivity index (χ1v) is 26.4. The van der Waals surface area contributed by atoms with Crippen LogP contribution in [0.1, 0.15) is 252 Å². The second-order valence-corrected chi connectivity index (χ2v) is 17.4. The Hall–Kier alpha value is -3.15. The molecule has 0 rings (SSSR count). The SMILES string of the molecule is CC/C=C\C/C=C\C/C=C\CCCCC(=O)OCC(COC(=O)CCCCCCCCC/C=C\C/C=C\CCCCC)OC(=O)CCCCCCC/C=C\CCCCCCCCC. The third-order valence-corrected chi connectivity index (χ3v) is 11.2. The number of carbonyl (C=O) groups is 3. The van der Waals surface area contributed by atoms with Gasteiger partial charge in [0.1, 0.15) is 13.2 Å². The van der Waals surface area contributed by atoms with Crippen LogP contribution in [0.5, 0.6) is 0 Å². The van der Waals surface area contributed by atoms with Gasteiger partial charge in [0.25, 0.3) is 0 Å². The molecule has 0 saturated carbocycles. The maximum atomic E-state index is 12.8. The zero-order valence-corrected chi connectivity index (χ0v) is 41.3. The number of unbranched alkanes of at least 4 members (excludes halogenated alkanes) is 24. The van der Waals surface area contributed by atoms with Crippen LogP contribution >= 0.6 is 0 Å². The van der Waals surface area contributed by atoms with Gasteiger partial charge in [-0.15, -0.1) is 0 Å². The lowest BCUT2D eigenvalue weighted by molar-refractivity contribution is -0.167. The van der Waals surface area contributed by atoms with E-state index in [0.717, 1.165) is 103 Å². The fourth-order valence-corrected chi connectivity index (χ4v) is 7.19. The first-order chi connectivity index (χ1) is 31.0. The average molecular weight is 879 g/mol. The van der Waals surface area contributed by atoms with E-state index in [4.69, 9.17) is 14.2 Å². The van der Waals surface area contributed by atoms with Crippen molar-refractivity contribution in [2.24, 2.45) is 0 Å². The van der Waals surface area contributed by atoms with Gasteiger partial charge in [-0.25, -0.2) is 0 Å². The predicted molar refractivity (Wildman–Crippen MR) is 270 cm³/mol. The van der Waals surface area contributed by atoms with Gasteiger partial charge >= 0.3 is 17.9 Å². The van der Waals surface area contributed by atoms with Crippen LogP contribution in [0.15, 0.2) is 72.9 Å². The minimum absolute atomic E-state index is 0.0951. The molecule has 0 aromatic carbocycles. The van der Waals surface area contributed by atoms with Crippen LogP contribution in [0, 0.1) is 0 Å². The Bertz CT molecular complexity index is 1190. The van der Waals surface area contributed by atoms with E-state index in [1.54, 1.807) is 0 Å². The number of esters is 3. The molecule has 0 aromatic rings. The summed E-state index contributed by atoms with van der Waals surface area (Å²) in [6.07, 6.45) is 64.6. The van der Waals surface area contributed by atoms with E-state index in [9.17, 15) is 14.4 Å². The van der Waals surface area contributed by atoms with Crippen molar-refractivity contribution in [1.82, 2.24) is 0 Å². The van der Waals surface area contributed by atoms with Crippen molar-refractivity contribution >= 4 is 17.9 Å². The Labute approximate surface area is 389 Å². The van der Waals surface area contributed by atoms with E-state index in [1.165, 1.54) is 109 Å². The lowest BCUT2D eigenvalue weighted by Crippen LogP contribution is -2.30. The molecule has 0 bridgehead atoms. The Morgan fingerprint density at radius 3 is 1.05 bits per heavy atom. The fourth-order valence-electron chi connectivity index (χ4n) is 7.19. The normalized spacial score (nSPS) is 12.6. The lowest BCUT2D eigenvalue weighted by Gasteiger charge is -2.18. The van der Waals surface area contributed by atoms with E-state index < -0.39 is 6.10 Å². The van der Waals surface area contributed by atoms with E-state index in [-0.39, 0.29) is 31.1 Å². The van der Waals surface area contributed by atoms with Gasteiger partial charge < -0.3 is 14.2 Å². The van der Waals surface area contributed by atoms with Crippen LogP contribution < -0.4 is 0 Å². The second-order valence-electron chi connectivity index (χ2n) is 17.4. The van der Waals surface area contributed by atoms with Gasteiger partial charge in [-0.05, 0) is 109 Å². The number of rotatable bonds is 47.